The molecule has 0 aromatic heterocycles. The van der Waals surface area contributed by atoms with Crippen LogP contribution in [0.25, 0.3) is 0 Å². The van der Waals surface area contributed by atoms with Crippen molar-refractivity contribution < 1.29 is 13.2 Å². The van der Waals surface area contributed by atoms with Gasteiger partial charge in [0.25, 0.3) is 0 Å². The molecule has 5 nitrogen and oxygen atoms in total. The SMILES string of the molecule is COc1cc(C#N)ccc1NS(=O)(=O)CCCl. The molecule has 92 valence electrons. The molecular formula is C10H11ClN2O3S. The summed E-state index contributed by atoms with van der Waals surface area (Å²) < 4.78 is 30.4. The molecule has 0 saturated heterocycles. The number of alkyl halides is 1. The number of nitrogens with zero attached hydrogens (tertiary/aromatic N) is 1. The molecule has 1 rings (SSSR count). The molecule has 0 unspecified atom stereocenters. The molecule has 17 heavy (non-hydrogen) atoms. The summed E-state index contributed by atoms with van der Waals surface area (Å²) in [6, 6.07) is 6.37. The Morgan fingerprint density at radius 2 is 2.24 bits per heavy atom. The number of nitriles is 1. The van der Waals surface area contributed by atoms with Gasteiger partial charge >= 0.3 is 0 Å². The number of halogens is 1. The molecule has 0 bridgehead atoms. The predicted octanol–water partition coefficient (Wildman–Crippen LogP) is 1.55. The number of benzene rings is 1. The van der Waals surface area contributed by atoms with Gasteiger partial charge in [-0.3, -0.25) is 4.72 Å². The van der Waals surface area contributed by atoms with Gasteiger partial charge in [0.15, 0.2) is 0 Å². The monoisotopic (exact) mass is 274 g/mol. The first-order valence-corrected chi connectivity index (χ1v) is 6.85. The number of hydrogen-bond donors (Lipinski definition) is 1. The molecule has 0 aliphatic heterocycles. The van der Waals surface area contributed by atoms with E-state index in [-0.39, 0.29) is 17.3 Å². The van der Waals surface area contributed by atoms with Gasteiger partial charge in [-0.1, -0.05) is 0 Å². The van der Waals surface area contributed by atoms with Crippen LogP contribution >= 0.6 is 11.6 Å². The Kier molecular flexibility index (Phi) is 4.61. The highest BCUT2D eigenvalue weighted by Gasteiger charge is 2.13. The van der Waals surface area contributed by atoms with Crippen molar-refractivity contribution in [1.29, 1.82) is 5.26 Å². The first-order valence-electron chi connectivity index (χ1n) is 4.67. The van der Waals surface area contributed by atoms with E-state index in [0.717, 1.165) is 0 Å². The highest BCUT2D eigenvalue weighted by atomic mass is 35.5. The number of methoxy groups -OCH3 is 1. The fourth-order valence-corrected chi connectivity index (χ4v) is 2.58. The van der Waals surface area contributed by atoms with Crippen LogP contribution in [0.3, 0.4) is 0 Å². The molecule has 1 aromatic rings. The van der Waals surface area contributed by atoms with Gasteiger partial charge in [-0.25, -0.2) is 8.42 Å². The Labute approximate surface area is 105 Å². The molecule has 1 N–H and O–H groups in total. The molecule has 0 fully saturated rings. The first-order chi connectivity index (χ1) is 8.02. The lowest BCUT2D eigenvalue weighted by molar-refractivity contribution is 0.416. The largest absolute Gasteiger partial charge is 0.495 e. The van der Waals surface area contributed by atoms with Crippen LogP contribution in [-0.4, -0.2) is 27.2 Å². The van der Waals surface area contributed by atoms with E-state index < -0.39 is 10.0 Å². The van der Waals surface area contributed by atoms with Gasteiger partial charge in [0.2, 0.25) is 10.0 Å². The minimum Gasteiger partial charge on any atom is -0.495 e. The number of rotatable bonds is 5. The van der Waals surface area contributed by atoms with Crippen LogP contribution < -0.4 is 9.46 Å². The quantitative estimate of drug-likeness (QED) is 0.826. The fraction of sp³-hybridized carbons (Fsp3) is 0.300. The molecule has 7 heteroatoms. The summed E-state index contributed by atoms with van der Waals surface area (Å²) in [5, 5.41) is 8.70. The molecule has 0 saturated carbocycles. The van der Waals surface area contributed by atoms with Gasteiger partial charge < -0.3 is 4.74 Å². The van der Waals surface area contributed by atoms with E-state index in [9.17, 15) is 8.42 Å². The van der Waals surface area contributed by atoms with Crippen molar-refractivity contribution in [3.8, 4) is 11.8 Å². The lowest BCUT2D eigenvalue weighted by atomic mass is 10.2. The second-order valence-corrected chi connectivity index (χ2v) is 5.36. The summed E-state index contributed by atoms with van der Waals surface area (Å²) >= 11 is 5.38. The molecule has 0 spiro atoms. The average molecular weight is 275 g/mol. The lowest BCUT2D eigenvalue weighted by Crippen LogP contribution is -2.18. The number of anilines is 1. The maximum atomic E-state index is 11.5. The number of nitrogens with one attached hydrogen (secondary N) is 1. The van der Waals surface area contributed by atoms with Crippen molar-refractivity contribution in [1.82, 2.24) is 0 Å². The van der Waals surface area contributed by atoms with E-state index >= 15 is 0 Å². The molecule has 0 amide bonds. The van der Waals surface area contributed by atoms with Crippen molar-refractivity contribution in [2.24, 2.45) is 0 Å². The summed E-state index contributed by atoms with van der Waals surface area (Å²) in [4.78, 5) is 0. The van der Waals surface area contributed by atoms with E-state index in [1.807, 2.05) is 6.07 Å². The number of ether oxygens (including phenoxy) is 1. The third-order valence-corrected chi connectivity index (χ3v) is 3.63. The third kappa shape index (κ3) is 3.80. The maximum absolute atomic E-state index is 11.5. The predicted molar refractivity (Wildman–Crippen MR) is 65.8 cm³/mol. The normalized spacial score (nSPS) is 10.6. The van der Waals surface area contributed by atoms with Gasteiger partial charge in [-0.15, -0.1) is 11.6 Å². The van der Waals surface area contributed by atoms with Crippen molar-refractivity contribution in [2.45, 2.75) is 0 Å². The van der Waals surface area contributed by atoms with Crippen LogP contribution in [0.15, 0.2) is 18.2 Å². The highest BCUT2D eigenvalue weighted by molar-refractivity contribution is 7.92. The van der Waals surface area contributed by atoms with Crippen molar-refractivity contribution in [3.05, 3.63) is 23.8 Å². The third-order valence-electron chi connectivity index (χ3n) is 1.94. The molecule has 1 aromatic carbocycles. The van der Waals surface area contributed by atoms with E-state index in [1.165, 1.54) is 25.3 Å². The van der Waals surface area contributed by atoms with Crippen LogP contribution in [0.2, 0.25) is 0 Å². The second kappa shape index (κ2) is 5.75. The number of sulfonamides is 1. The van der Waals surface area contributed by atoms with E-state index in [0.29, 0.717) is 11.3 Å². The fourth-order valence-electron chi connectivity index (χ4n) is 1.17. The summed E-state index contributed by atoms with van der Waals surface area (Å²) in [6.45, 7) is 0. The number of hydrogen-bond acceptors (Lipinski definition) is 4. The second-order valence-electron chi connectivity index (χ2n) is 3.14. The van der Waals surface area contributed by atoms with Crippen molar-refractivity contribution >= 4 is 27.3 Å². The minimum absolute atomic E-state index is 0.00787. The zero-order valence-electron chi connectivity index (χ0n) is 9.10. The Morgan fingerprint density at radius 1 is 1.53 bits per heavy atom. The Hall–Kier alpha value is -1.45. The van der Waals surface area contributed by atoms with E-state index in [1.54, 1.807) is 0 Å². The topological polar surface area (TPSA) is 79.2 Å². The standard InChI is InChI=1S/C10H11ClN2O3S/c1-16-10-6-8(7-12)2-3-9(10)13-17(14,15)5-4-11/h2-3,6,13H,4-5H2,1H3. The highest BCUT2D eigenvalue weighted by Crippen LogP contribution is 2.26. The Balaban J connectivity index is 3.04. The first kappa shape index (κ1) is 13.6. The van der Waals surface area contributed by atoms with Crippen LogP contribution in [0.4, 0.5) is 5.69 Å². The molecule has 0 heterocycles. The average Bonchev–Trinajstić information content (AvgIpc) is 2.29. The Morgan fingerprint density at radius 3 is 2.76 bits per heavy atom. The lowest BCUT2D eigenvalue weighted by Gasteiger charge is -2.11. The molecule has 0 aliphatic carbocycles. The van der Waals surface area contributed by atoms with Crippen LogP contribution in [0, 0.1) is 11.3 Å². The van der Waals surface area contributed by atoms with Crippen LogP contribution in [-0.2, 0) is 10.0 Å². The van der Waals surface area contributed by atoms with Crippen molar-refractivity contribution in [2.75, 3.05) is 23.5 Å². The van der Waals surface area contributed by atoms with Gasteiger partial charge in [-0.2, -0.15) is 5.26 Å². The van der Waals surface area contributed by atoms with Gasteiger partial charge in [-0.05, 0) is 12.1 Å². The zero-order chi connectivity index (χ0) is 12.9. The minimum atomic E-state index is -3.48. The van der Waals surface area contributed by atoms with E-state index in [4.69, 9.17) is 21.6 Å². The van der Waals surface area contributed by atoms with Gasteiger partial charge in [0.05, 0.1) is 30.2 Å². The molecule has 0 atom stereocenters. The molecular weight excluding hydrogens is 264 g/mol. The Bertz CT molecular complexity index is 537. The molecule has 0 radical (unpaired) electrons. The zero-order valence-corrected chi connectivity index (χ0v) is 10.7. The van der Waals surface area contributed by atoms with Crippen LogP contribution in [0.5, 0.6) is 5.75 Å². The van der Waals surface area contributed by atoms with Crippen molar-refractivity contribution in [3.63, 3.8) is 0 Å². The van der Waals surface area contributed by atoms with Crippen LogP contribution in [0.1, 0.15) is 5.56 Å². The van der Waals surface area contributed by atoms with Gasteiger partial charge in [0.1, 0.15) is 5.75 Å². The molecule has 0 aliphatic rings. The smallest absolute Gasteiger partial charge is 0.234 e. The maximum Gasteiger partial charge on any atom is 0.234 e. The summed E-state index contributed by atoms with van der Waals surface area (Å²) in [5.41, 5.74) is 0.679. The summed E-state index contributed by atoms with van der Waals surface area (Å²) in [6.07, 6.45) is 0. The van der Waals surface area contributed by atoms with E-state index in [2.05, 4.69) is 4.72 Å². The summed E-state index contributed by atoms with van der Waals surface area (Å²) in [5.74, 6) is 0.119. The van der Waals surface area contributed by atoms with Gasteiger partial charge in [0, 0.05) is 11.9 Å². The summed E-state index contributed by atoms with van der Waals surface area (Å²) in [7, 11) is -2.08.